The van der Waals surface area contributed by atoms with Crippen molar-refractivity contribution in [3.63, 3.8) is 0 Å². The Morgan fingerprint density at radius 2 is 1.74 bits per heavy atom. The first-order valence-corrected chi connectivity index (χ1v) is 8.65. The Morgan fingerprint density at radius 1 is 0.963 bits per heavy atom. The zero-order valence-corrected chi connectivity index (χ0v) is 15.0. The number of nitrogens with one attached hydrogen (secondary N) is 1. The van der Waals surface area contributed by atoms with E-state index in [1.54, 1.807) is 23.3 Å². The maximum Gasteiger partial charge on any atom is 0.216 e. The van der Waals surface area contributed by atoms with Crippen LogP contribution >= 0.6 is 12.2 Å². The van der Waals surface area contributed by atoms with Gasteiger partial charge in [0.15, 0.2) is 5.82 Å². The summed E-state index contributed by atoms with van der Waals surface area (Å²) in [6, 6.07) is 21.0. The van der Waals surface area contributed by atoms with Crippen LogP contribution in [0.4, 0.5) is 0 Å². The van der Waals surface area contributed by atoms with Gasteiger partial charge in [0.25, 0.3) is 0 Å². The molecule has 2 aromatic heterocycles. The molecular weight excluding hydrogens is 358 g/mol. The van der Waals surface area contributed by atoms with Crippen LogP contribution in [0.15, 0.2) is 84.2 Å². The van der Waals surface area contributed by atoms with Crippen molar-refractivity contribution >= 4 is 18.4 Å². The number of nitrogens with zero attached hydrogens (tertiary/aromatic N) is 4. The SMILES string of the molecule is S=c1[nH]nc(-c2ccncc2)n1N=Cc1cccc(Oc2ccccc2)c1. The van der Waals surface area contributed by atoms with Gasteiger partial charge in [-0.05, 0) is 54.2 Å². The molecule has 6 nitrogen and oxygen atoms in total. The summed E-state index contributed by atoms with van der Waals surface area (Å²) >= 11 is 5.29. The highest BCUT2D eigenvalue weighted by atomic mass is 32.1. The Bertz CT molecular complexity index is 1120. The molecule has 0 fully saturated rings. The number of para-hydroxylation sites is 1. The molecule has 0 bridgehead atoms. The second-order valence-corrected chi connectivity index (χ2v) is 6.02. The van der Waals surface area contributed by atoms with E-state index in [2.05, 4.69) is 20.3 Å². The number of aromatic amines is 1. The van der Waals surface area contributed by atoms with E-state index >= 15 is 0 Å². The van der Waals surface area contributed by atoms with Gasteiger partial charge in [-0.3, -0.25) is 4.98 Å². The van der Waals surface area contributed by atoms with Gasteiger partial charge in [-0.25, -0.2) is 5.10 Å². The molecule has 4 aromatic rings. The van der Waals surface area contributed by atoms with E-state index in [0.717, 1.165) is 22.6 Å². The minimum atomic E-state index is 0.412. The van der Waals surface area contributed by atoms with Crippen LogP contribution in [0.3, 0.4) is 0 Å². The largest absolute Gasteiger partial charge is 0.457 e. The molecular formula is C20H15N5OS. The Labute approximate surface area is 160 Å². The Balaban J connectivity index is 1.60. The normalized spacial score (nSPS) is 11.0. The molecule has 27 heavy (non-hydrogen) atoms. The van der Waals surface area contributed by atoms with E-state index in [1.807, 2.05) is 66.7 Å². The number of benzene rings is 2. The highest BCUT2D eigenvalue weighted by Crippen LogP contribution is 2.21. The average molecular weight is 373 g/mol. The molecule has 0 unspecified atom stereocenters. The summed E-state index contributed by atoms with van der Waals surface area (Å²) in [6.45, 7) is 0. The first kappa shape index (κ1) is 16.9. The van der Waals surface area contributed by atoms with Crippen molar-refractivity contribution in [3.05, 3.63) is 89.5 Å². The molecule has 0 saturated heterocycles. The quantitative estimate of drug-likeness (QED) is 0.407. The highest BCUT2D eigenvalue weighted by molar-refractivity contribution is 7.71. The van der Waals surface area contributed by atoms with E-state index < -0.39 is 0 Å². The summed E-state index contributed by atoms with van der Waals surface area (Å²) in [5.74, 6) is 2.13. The van der Waals surface area contributed by atoms with Crippen LogP contribution < -0.4 is 4.74 Å². The van der Waals surface area contributed by atoms with E-state index in [4.69, 9.17) is 17.0 Å². The third kappa shape index (κ3) is 3.99. The monoisotopic (exact) mass is 373 g/mol. The van der Waals surface area contributed by atoms with E-state index in [9.17, 15) is 0 Å². The lowest BCUT2D eigenvalue weighted by Gasteiger charge is -2.06. The molecule has 0 radical (unpaired) electrons. The molecule has 0 saturated carbocycles. The first-order valence-electron chi connectivity index (χ1n) is 8.25. The number of aromatic nitrogens is 4. The number of rotatable bonds is 5. The number of hydrogen-bond donors (Lipinski definition) is 1. The number of H-pyrrole nitrogens is 1. The lowest BCUT2D eigenvalue weighted by Crippen LogP contribution is -1.95. The van der Waals surface area contributed by atoms with E-state index in [1.165, 1.54) is 0 Å². The van der Waals surface area contributed by atoms with Crippen molar-refractivity contribution in [3.8, 4) is 22.9 Å². The third-order valence-corrected chi connectivity index (χ3v) is 4.01. The summed E-state index contributed by atoms with van der Waals surface area (Å²) in [7, 11) is 0. The van der Waals surface area contributed by atoms with Crippen LogP contribution in [0, 0.1) is 4.77 Å². The van der Waals surface area contributed by atoms with E-state index in [0.29, 0.717) is 10.6 Å². The topological polar surface area (TPSA) is 68.1 Å². The Hall–Kier alpha value is -3.58. The predicted octanol–water partition coefficient (Wildman–Crippen LogP) is 4.68. The molecule has 0 spiro atoms. The van der Waals surface area contributed by atoms with Gasteiger partial charge in [-0.15, -0.1) is 0 Å². The molecule has 2 heterocycles. The first-order chi connectivity index (χ1) is 13.3. The summed E-state index contributed by atoms with van der Waals surface area (Å²) in [4.78, 5) is 4.02. The molecule has 0 amide bonds. The fraction of sp³-hybridized carbons (Fsp3) is 0. The molecule has 1 N–H and O–H groups in total. The minimum absolute atomic E-state index is 0.412. The van der Waals surface area contributed by atoms with Gasteiger partial charge in [0.05, 0.1) is 6.21 Å². The lowest BCUT2D eigenvalue weighted by molar-refractivity contribution is 0.482. The second kappa shape index (κ2) is 7.76. The molecule has 2 aromatic carbocycles. The van der Waals surface area contributed by atoms with Gasteiger partial charge in [-0.1, -0.05) is 30.3 Å². The number of hydrogen-bond acceptors (Lipinski definition) is 5. The standard InChI is InChI=1S/C20H15N5OS/c27-20-24-23-19(16-9-11-21-12-10-16)25(20)22-14-15-5-4-8-18(13-15)26-17-6-2-1-3-7-17/h1-14H,(H,24,27). The van der Waals surface area contributed by atoms with Crippen LogP contribution in [0.1, 0.15) is 5.56 Å². The van der Waals surface area contributed by atoms with Gasteiger partial charge in [0.1, 0.15) is 11.5 Å². The zero-order chi connectivity index (χ0) is 18.5. The van der Waals surface area contributed by atoms with Crippen molar-refractivity contribution in [2.75, 3.05) is 0 Å². The molecule has 0 aliphatic carbocycles. The maximum absolute atomic E-state index is 5.86. The molecule has 0 atom stereocenters. The van der Waals surface area contributed by atoms with Gasteiger partial charge < -0.3 is 4.74 Å². The van der Waals surface area contributed by atoms with Crippen molar-refractivity contribution in [2.45, 2.75) is 0 Å². The predicted molar refractivity (Wildman–Crippen MR) is 107 cm³/mol. The fourth-order valence-corrected chi connectivity index (χ4v) is 2.67. The van der Waals surface area contributed by atoms with Crippen LogP contribution in [-0.4, -0.2) is 26.1 Å². The maximum atomic E-state index is 5.86. The van der Waals surface area contributed by atoms with Crippen molar-refractivity contribution in [1.29, 1.82) is 0 Å². The third-order valence-electron chi connectivity index (χ3n) is 3.75. The Morgan fingerprint density at radius 3 is 2.56 bits per heavy atom. The van der Waals surface area contributed by atoms with Gasteiger partial charge in [-0.2, -0.15) is 14.9 Å². The highest BCUT2D eigenvalue weighted by Gasteiger charge is 2.07. The van der Waals surface area contributed by atoms with Gasteiger partial charge in [0.2, 0.25) is 4.77 Å². The average Bonchev–Trinajstić information content (AvgIpc) is 3.09. The molecule has 0 aliphatic heterocycles. The molecule has 132 valence electrons. The molecule has 0 aliphatic rings. The smallest absolute Gasteiger partial charge is 0.216 e. The molecule has 4 rings (SSSR count). The van der Waals surface area contributed by atoms with Crippen LogP contribution in [0.2, 0.25) is 0 Å². The van der Waals surface area contributed by atoms with Crippen molar-refractivity contribution in [1.82, 2.24) is 19.9 Å². The summed E-state index contributed by atoms with van der Waals surface area (Å²) in [5.41, 5.74) is 1.75. The van der Waals surface area contributed by atoms with Crippen molar-refractivity contribution < 1.29 is 4.74 Å². The van der Waals surface area contributed by atoms with Crippen LogP contribution in [0.5, 0.6) is 11.5 Å². The summed E-state index contributed by atoms with van der Waals surface area (Å²) < 4.78 is 7.85. The number of pyridine rings is 1. The molecule has 7 heteroatoms. The summed E-state index contributed by atoms with van der Waals surface area (Å²) in [6.07, 6.45) is 5.12. The number of ether oxygens (including phenoxy) is 1. The second-order valence-electron chi connectivity index (χ2n) is 5.63. The fourth-order valence-electron chi connectivity index (χ4n) is 2.49. The van der Waals surface area contributed by atoms with Crippen molar-refractivity contribution in [2.24, 2.45) is 5.10 Å². The van der Waals surface area contributed by atoms with Gasteiger partial charge >= 0.3 is 0 Å². The van der Waals surface area contributed by atoms with Crippen LogP contribution in [0.25, 0.3) is 11.4 Å². The lowest BCUT2D eigenvalue weighted by atomic mass is 10.2. The summed E-state index contributed by atoms with van der Waals surface area (Å²) in [5, 5.41) is 11.5. The minimum Gasteiger partial charge on any atom is -0.457 e. The zero-order valence-electron chi connectivity index (χ0n) is 14.2. The van der Waals surface area contributed by atoms with E-state index in [-0.39, 0.29) is 0 Å². The van der Waals surface area contributed by atoms with Gasteiger partial charge in [0, 0.05) is 18.0 Å². The van der Waals surface area contributed by atoms with Crippen LogP contribution in [-0.2, 0) is 0 Å². The Kier molecular flexibility index (Phi) is 4.84.